The standard InChI is InChI=1S/C16H18N2O2/c1-11-4-3-5-13(8-11)6-7-17-15-9-12(2)18-10-14(15)16(19)20/h3-5,8-10H,6-7H2,1-2H3,(H,17,18)(H,19,20). The molecule has 0 saturated heterocycles. The lowest BCUT2D eigenvalue weighted by Gasteiger charge is -2.10. The van der Waals surface area contributed by atoms with Crippen molar-refractivity contribution in [1.29, 1.82) is 0 Å². The van der Waals surface area contributed by atoms with Gasteiger partial charge < -0.3 is 10.4 Å². The zero-order valence-corrected chi connectivity index (χ0v) is 11.7. The smallest absolute Gasteiger partial charge is 0.339 e. The number of rotatable bonds is 5. The Labute approximate surface area is 118 Å². The zero-order chi connectivity index (χ0) is 14.5. The Hall–Kier alpha value is -2.36. The minimum Gasteiger partial charge on any atom is -0.478 e. The molecule has 2 N–H and O–H groups in total. The molecule has 4 nitrogen and oxygen atoms in total. The normalized spacial score (nSPS) is 10.3. The first-order valence-corrected chi connectivity index (χ1v) is 6.55. The number of nitrogens with zero attached hydrogens (tertiary/aromatic N) is 1. The van der Waals surface area contributed by atoms with Gasteiger partial charge in [0.2, 0.25) is 0 Å². The Morgan fingerprint density at radius 1 is 1.30 bits per heavy atom. The molecular formula is C16H18N2O2. The number of aromatic nitrogens is 1. The van der Waals surface area contributed by atoms with Crippen molar-refractivity contribution in [3.63, 3.8) is 0 Å². The molecule has 0 aliphatic heterocycles. The van der Waals surface area contributed by atoms with E-state index in [-0.39, 0.29) is 5.56 Å². The number of pyridine rings is 1. The van der Waals surface area contributed by atoms with Crippen LogP contribution in [0.3, 0.4) is 0 Å². The van der Waals surface area contributed by atoms with E-state index < -0.39 is 5.97 Å². The van der Waals surface area contributed by atoms with E-state index in [2.05, 4.69) is 35.4 Å². The van der Waals surface area contributed by atoms with Gasteiger partial charge in [0.05, 0.1) is 5.69 Å². The van der Waals surface area contributed by atoms with Crippen molar-refractivity contribution in [2.45, 2.75) is 20.3 Å². The molecule has 20 heavy (non-hydrogen) atoms. The highest BCUT2D eigenvalue weighted by molar-refractivity contribution is 5.93. The summed E-state index contributed by atoms with van der Waals surface area (Å²) in [5, 5.41) is 12.3. The van der Waals surface area contributed by atoms with E-state index in [1.807, 2.05) is 13.0 Å². The van der Waals surface area contributed by atoms with Gasteiger partial charge in [-0.05, 0) is 31.9 Å². The first-order valence-electron chi connectivity index (χ1n) is 6.55. The first kappa shape index (κ1) is 14.1. The van der Waals surface area contributed by atoms with Crippen LogP contribution in [-0.4, -0.2) is 22.6 Å². The highest BCUT2D eigenvalue weighted by Crippen LogP contribution is 2.16. The van der Waals surface area contributed by atoms with Crippen molar-refractivity contribution in [3.8, 4) is 0 Å². The van der Waals surface area contributed by atoms with Gasteiger partial charge in [-0.25, -0.2) is 4.79 Å². The first-order chi connectivity index (χ1) is 9.56. The van der Waals surface area contributed by atoms with Crippen LogP contribution >= 0.6 is 0 Å². The summed E-state index contributed by atoms with van der Waals surface area (Å²) in [6, 6.07) is 10.1. The van der Waals surface area contributed by atoms with Gasteiger partial charge in [0, 0.05) is 18.4 Å². The molecule has 0 spiro atoms. The van der Waals surface area contributed by atoms with Crippen LogP contribution in [0.15, 0.2) is 36.5 Å². The van der Waals surface area contributed by atoms with Gasteiger partial charge in [0.25, 0.3) is 0 Å². The molecule has 0 fully saturated rings. The fourth-order valence-electron chi connectivity index (χ4n) is 2.09. The van der Waals surface area contributed by atoms with Gasteiger partial charge in [0.1, 0.15) is 5.56 Å². The molecule has 0 aliphatic carbocycles. The lowest BCUT2D eigenvalue weighted by molar-refractivity contribution is 0.0697. The van der Waals surface area contributed by atoms with Crippen molar-refractivity contribution in [1.82, 2.24) is 4.98 Å². The molecule has 0 amide bonds. The second kappa shape index (κ2) is 6.19. The van der Waals surface area contributed by atoms with Crippen LogP contribution in [0.5, 0.6) is 0 Å². The van der Waals surface area contributed by atoms with Crippen LogP contribution in [0.4, 0.5) is 5.69 Å². The van der Waals surface area contributed by atoms with E-state index in [1.54, 1.807) is 6.07 Å². The topological polar surface area (TPSA) is 62.2 Å². The van der Waals surface area contributed by atoms with E-state index >= 15 is 0 Å². The Morgan fingerprint density at radius 2 is 2.10 bits per heavy atom. The van der Waals surface area contributed by atoms with Crippen LogP contribution in [0, 0.1) is 13.8 Å². The molecule has 0 atom stereocenters. The number of carbonyl (C=O) groups is 1. The third-order valence-corrected chi connectivity index (χ3v) is 3.08. The number of aromatic carboxylic acids is 1. The average molecular weight is 270 g/mol. The predicted octanol–water partition coefficient (Wildman–Crippen LogP) is 3.05. The summed E-state index contributed by atoms with van der Waals surface area (Å²) in [6.45, 7) is 4.59. The minimum absolute atomic E-state index is 0.208. The highest BCUT2D eigenvalue weighted by atomic mass is 16.4. The third-order valence-electron chi connectivity index (χ3n) is 3.08. The summed E-state index contributed by atoms with van der Waals surface area (Å²) < 4.78 is 0. The Balaban J connectivity index is 2.04. The molecule has 1 aromatic heterocycles. The Morgan fingerprint density at radius 3 is 2.80 bits per heavy atom. The number of benzene rings is 1. The molecule has 0 bridgehead atoms. The molecule has 104 valence electrons. The molecule has 1 aromatic carbocycles. The van der Waals surface area contributed by atoms with Crippen molar-refractivity contribution in [2.24, 2.45) is 0 Å². The van der Waals surface area contributed by atoms with Crippen molar-refractivity contribution in [3.05, 3.63) is 58.9 Å². The van der Waals surface area contributed by atoms with Gasteiger partial charge in [-0.15, -0.1) is 0 Å². The predicted molar refractivity (Wildman–Crippen MR) is 79.3 cm³/mol. The number of anilines is 1. The van der Waals surface area contributed by atoms with E-state index in [0.29, 0.717) is 12.2 Å². The van der Waals surface area contributed by atoms with E-state index in [9.17, 15) is 4.79 Å². The number of carboxylic acids is 1. The van der Waals surface area contributed by atoms with Crippen LogP contribution in [0.1, 0.15) is 27.2 Å². The van der Waals surface area contributed by atoms with E-state index in [1.165, 1.54) is 17.3 Å². The highest BCUT2D eigenvalue weighted by Gasteiger charge is 2.10. The Bertz CT molecular complexity index is 624. The number of hydrogen-bond acceptors (Lipinski definition) is 3. The van der Waals surface area contributed by atoms with E-state index in [0.717, 1.165) is 12.1 Å². The molecule has 0 saturated carbocycles. The lowest BCUT2D eigenvalue weighted by Crippen LogP contribution is -2.10. The molecule has 2 rings (SSSR count). The maximum atomic E-state index is 11.1. The molecule has 0 unspecified atom stereocenters. The maximum Gasteiger partial charge on any atom is 0.339 e. The van der Waals surface area contributed by atoms with Gasteiger partial charge >= 0.3 is 5.97 Å². The minimum atomic E-state index is -0.962. The van der Waals surface area contributed by atoms with Crippen LogP contribution in [-0.2, 0) is 6.42 Å². The summed E-state index contributed by atoms with van der Waals surface area (Å²) in [5.41, 5.74) is 4.10. The second-order valence-electron chi connectivity index (χ2n) is 4.84. The van der Waals surface area contributed by atoms with Gasteiger partial charge in [0.15, 0.2) is 0 Å². The summed E-state index contributed by atoms with van der Waals surface area (Å²) in [5.74, 6) is -0.962. The molecule has 0 radical (unpaired) electrons. The molecular weight excluding hydrogens is 252 g/mol. The SMILES string of the molecule is Cc1cccc(CCNc2cc(C)ncc2C(=O)O)c1. The lowest BCUT2D eigenvalue weighted by atomic mass is 10.1. The number of carboxylic acid groups (broad SMARTS) is 1. The molecule has 1 heterocycles. The number of nitrogens with one attached hydrogen (secondary N) is 1. The van der Waals surface area contributed by atoms with Crippen LogP contribution in [0.2, 0.25) is 0 Å². The van der Waals surface area contributed by atoms with E-state index in [4.69, 9.17) is 5.11 Å². The third kappa shape index (κ3) is 3.57. The average Bonchev–Trinajstić information content (AvgIpc) is 2.38. The van der Waals surface area contributed by atoms with Gasteiger partial charge in [-0.1, -0.05) is 29.8 Å². The number of hydrogen-bond donors (Lipinski definition) is 2. The summed E-state index contributed by atoms with van der Waals surface area (Å²) in [4.78, 5) is 15.1. The summed E-state index contributed by atoms with van der Waals surface area (Å²) >= 11 is 0. The largest absolute Gasteiger partial charge is 0.478 e. The maximum absolute atomic E-state index is 11.1. The second-order valence-corrected chi connectivity index (χ2v) is 4.84. The zero-order valence-electron chi connectivity index (χ0n) is 11.7. The van der Waals surface area contributed by atoms with Crippen LogP contribution < -0.4 is 5.32 Å². The van der Waals surface area contributed by atoms with Crippen molar-refractivity contribution >= 4 is 11.7 Å². The van der Waals surface area contributed by atoms with Gasteiger partial charge in [-0.2, -0.15) is 0 Å². The summed E-state index contributed by atoms with van der Waals surface area (Å²) in [6.07, 6.45) is 2.24. The number of aryl methyl sites for hydroxylation is 2. The summed E-state index contributed by atoms with van der Waals surface area (Å²) in [7, 11) is 0. The molecule has 2 aromatic rings. The fraction of sp³-hybridized carbons (Fsp3) is 0.250. The van der Waals surface area contributed by atoms with Crippen LogP contribution in [0.25, 0.3) is 0 Å². The van der Waals surface area contributed by atoms with Crippen molar-refractivity contribution < 1.29 is 9.90 Å². The molecule has 4 heteroatoms. The molecule has 0 aliphatic rings. The van der Waals surface area contributed by atoms with Crippen molar-refractivity contribution in [2.75, 3.05) is 11.9 Å². The Kier molecular flexibility index (Phi) is 4.35. The van der Waals surface area contributed by atoms with Gasteiger partial charge in [-0.3, -0.25) is 4.98 Å². The fourth-order valence-corrected chi connectivity index (χ4v) is 2.09. The quantitative estimate of drug-likeness (QED) is 0.876. The monoisotopic (exact) mass is 270 g/mol.